The molecule has 1 saturated carbocycles. The Morgan fingerprint density at radius 1 is 2.00 bits per heavy atom. The van der Waals surface area contributed by atoms with Crippen molar-refractivity contribution >= 4 is 42.3 Å². The molecule has 0 heterocycles. The lowest BCUT2D eigenvalue weighted by atomic mass is 10.3. The van der Waals surface area contributed by atoms with Gasteiger partial charge in [-0.15, -0.1) is 0 Å². The van der Waals surface area contributed by atoms with Crippen molar-refractivity contribution in [3.05, 3.63) is 12.2 Å². The van der Waals surface area contributed by atoms with Crippen molar-refractivity contribution in [3.8, 4) is 0 Å². The van der Waals surface area contributed by atoms with Gasteiger partial charge in [0.15, 0.2) is 3.79 Å². The molecule has 1 aliphatic rings. The summed E-state index contributed by atoms with van der Waals surface area (Å²) in [4.78, 5) is 10.7. The quantitative estimate of drug-likeness (QED) is 0.331. The predicted molar refractivity (Wildman–Crippen MR) is 53.6 cm³/mol. The number of carbonyl (C=O) groups excluding carboxylic acids is 1. The Morgan fingerprint density at radius 3 is 2.50 bits per heavy atom. The number of halogens is 2. The maximum atomic E-state index is 10.7. The van der Waals surface area contributed by atoms with Gasteiger partial charge < -0.3 is 0 Å². The van der Waals surface area contributed by atoms with E-state index in [1.165, 1.54) is 0 Å². The molecule has 0 saturated heterocycles. The van der Waals surface area contributed by atoms with Gasteiger partial charge in [-0.1, -0.05) is 28.1 Å². The van der Waals surface area contributed by atoms with Crippen molar-refractivity contribution in [2.45, 2.75) is 17.7 Å². The lowest BCUT2D eigenvalue weighted by Crippen LogP contribution is -1.96. The van der Waals surface area contributed by atoms with Crippen LogP contribution in [0.3, 0.4) is 0 Å². The zero-order valence-corrected chi connectivity index (χ0v) is 9.40. The second kappa shape index (κ2) is 2.59. The van der Waals surface area contributed by atoms with Crippen LogP contribution in [-0.2, 0) is 4.79 Å². The Labute approximate surface area is 82.5 Å². The van der Waals surface area contributed by atoms with E-state index in [2.05, 4.69) is 29.4 Å². The molecular formula is C7H8BrIO. The predicted octanol–water partition coefficient (Wildman–Crippen LogP) is 2.68. The highest BCUT2D eigenvalue weighted by Crippen LogP contribution is 2.57. The molecule has 0 bridgehead atoms. The molecule has 0 aromatic carbocycles. The molecule has 0 N–H and O–H groups in total. The SMILES string of the molecule is C=C1C(CC(=O)I)C1(C)Br. The lowest BCUT2D eigenvalue weighted by Gasteiger charge is -1.93. The average molecular weight is 315 g/mol. The van der Waals surface area contributed by atoms with Gasteiger partial charge in [-0.25, -0.2) is 0 Å². The molecular weight excluding hydrogens is 307 g/mol. The van der Waals surface area contributed by atoms with E-state index in [4.69, 9.17) is 0 Å². The summed E-state index contributed by atoms with van der Waals surface area (Å²) in [5.74, 6) is 0.372. The maximum Gasteiger partial charge on any atom is 0.193 e. The van der Waals surface area contributed by atoms with Crippen molar-refractivity contribution in [2.75, 3.05) is 0 Å². The fourth-order valence-electron chi connectivity index (χ4n) is 1.04. The number of hydrogen-bond acceptors (Lipinski definition) is 1. The fraction of sp³-hybridized carbons (Fsp3) is 0.571. The molecule has 0 aromatic heterocycles. The van der Waals surface area contributed by atoms with E-state index in [0.717, 1.165) is 5.57 Å². The van der Waals surface area contributed by atoms with Gasteiger partial charge >= 0.3 is 0 Å². The lowest BCUT2D eigenvalue weighted by molar-refractivity contribution is -0.109. The number of hydrogen-bond donors (Lipinski definition) is 0. The summed E-state index contributed by atoms with van der Waals surface area (Å²) in [5.41, 5.74) is 1.15. The normalized spacial score (nSPS) is 37.9. The largest absolute Gasteiger partial charge is 0.288 e. The molecule has 0 aliphatic heterocycles. The molecule has 10 heavy (non-hydrogen) atoms. The number of carbonyl (C=O) groups is 1. The Morgan fingerprint density at radius 2 is 2.40 bits per heavy atom. The second-order valence-electron chi connectivity index (χ2n) is 2.71. The van der Waals surface area contributed by atoms with E-state index < -0.39 is 0 Å². The van der Waals surface area contributed by atoms with Gasteiger partial charge in [-0.2, -0.15) is 0 Å². The smallest absolute Gasteiger partial charge is 0.193 e. The summed E-state index contributed by atoms with van der Waals surface area (Å²) in [7, 11) is 0. The third-order valence-electron chi connectivity index (χ3n) is 1.98. The van der Waals surface area contributed by atoms with Crippen molar-refractivity contribution in [1.82, 2.24) is 0 Å². The van der Waals surface area contributed by atoms with E-state index in [1.807, 2.05) is 22.6 Å². The van der Waals surface area contributed by atoms with E-state index in [9.17, 15) is 4.79 Å². The van der Waals surface area contributed by atoms with E-state index in [1.54, 1.807) is 0 Å². The molecule has 0 spiro atoms. The summed E-state index contributed by atoms with van der Waals surface area (Å²) in [6, 6.07) is 0. The average Bonchev–Trinajstić information content (AvgIpc) is 2.17. The van der Waals surface area contributed by atoms with Crippen LogP contribution >= 0.6 is 38.5 Å². The molecule has 0 radical (unpaired) electrons. The monoisotopic (exact) mass is 314 g/mol. The molecule has 56 valence electrons. The standard InChI is InChI=1S/C7H8BrIO/c1-4-5(3-6(9)10)7(4,2)8/h5H,1,3H2,2H3. The van der Waals surface area contributed by atoms with E-state index in [0.29, 0.717) is 12.3 Å². The second-order valence-corrected chi connectivity index (χ2v) is 5.56. The Hall–Kier alpha value is 0.620. The van der Waals surface area contributed by atoms with Gasteiger partial charge in [0, 0.05) is 12.3 Å². The Bertz CT molecular complexity index is 198. The molecule has 3 heteroatoms. The van der Waals surface area contributed by atoms with Crippen LogP contribution in [0.15, 0.2) is 12.2 Å². The van der Waals surface area contributed by atoms with Crippen molar-refractivity contribution in [3.63, 3.8) is 0 Å². The first-order valence-electron chi connectivity index (χ1n) is 3.02. The zero-order chi connectivity index (χ0) is 7.94. The zero-order valence-electron chi connectivity index (χ0n) is 5.66. The van der Waals surface area contributed by atoms with Gasteiger partial charge in [0.25, 0.3) is 0 Å². The molecule has 2 atom stereocenters. The molecule has 0 amide bonds. The number of alkyl halides is 1. The highest BCUT2D eigenvalue weighted by atomic mass is 127. The van der Waals surface area contributed by atoms with Crippen molar-refractivity contribution in [1.29, 1.82) is 0 Å². The van der Waals surface area contributed by atoms with Crippen LogP contribution in [-0.4, -0.2) is 8.11 Å². The van der Waals surface area contributed by atoms with Gasteiger partial charge in [-0.05, 0) is 29.5 Å². The van der Waals surface area contributed by atoms with Crippen molar-refractivity contribution in [2.24, 2.45) is 5.92 Å². The van der Waals surface area contributed by atoms with Crippen LogP contribution in [0, 0.1) is 5.92 Å². The first-order chi connectivity index (χ1) is 4.46. The first-order valence-corrected chi connectivity index (χ1v) is 4.90. The third kappa shape index (κ3) is 1.44. The summed E-state index contributed by atoms with van der Waals surface area (Å²) < 4.78 is 0.264. The molecule has 1 rings (SSSR count). The van der Waals surface area contributed by atoms with Gasteiger partial charge in [0.2, 0.25) is 0 Å². The van der Waals surface area contributed by atoms with E-state index >= 15 is 0 Å². The van der Waals surface area contributed by atoms with Crippen LogP contribution in [0.1, 0.15) is 13.3 Å². The van der Waals surface area contributed by atoms with Crippen LogP contribution in [0.4, 0.5) is 0 Å². The summed E-state index contributed by atoms with van der Waals surface area (Å²) in [6.45, 7) is 5.91. The van der Waals surface area contributed by atoms with Gasteiger partial charge in [-0.3, -0.25) is 4.79 Å². The third-order valence-corrected chi connectivity index (χ3v) is 3.49. The van der Waals surface area contributed by atoms with Crippen LogP contribution in [0.2, 0.25) is 0 Å². The summed E-state index contributed by atoms with van der Waals surface area (Å²) in [5, 5.41) is 0. The van der Waals surface area contributed by atoms with Crippen LogP contribution in [0.25, 0.3) is 0 Å². The molecule has 1 nitrogen and oxygen atoms in total. The van der Waals surface area contributed by atoms with Crippen molar-refractivity contribution < 1.29 is 4.79 Å². The minimum absolute atomic E-state index is 0.0494. The highest BCUT2D eigenvalue weighted by Gasteiger charge is 2.52. The maximum absolute atomic E-state index is 10.7. The summed E-state index contributed by atoms with van der Waals surface area (Å²) in [6.07, 6.45) is 0.626. The number of rotatable bonds is 2. The van der Waals surface area contributed by atoms with Gasteiger partial charge in [0.1, 0.15) is 0 Å². The Balaban J connectivity index is 2.50. The minimum Gasteiger partial charge on any atom is -0.288 e. The first kappa shape index (κ1) is 8.71. The van der Waals surface area contributed by atoms with E-state index in [-0.39, 0.29) is 8.11 Å². The van der Waals surface area contributed by atoms with Crippen LogP contribution in [0.5, 0.6) is 0 Å². The number of allylic oxidation sites excluding steroid dienone is 1. The topological polar surface area (TPSA) is 17.1 Å². The molecule has 0 aromatic rings. The molecule has 2 unspecified atom stereocenters. The summed E-state index contributed by atoms with van der Waals surface area (Å²) >= 11 is 5.31. The Kier molecular flexibility index (Phi) is 2.26. The van der Waals surface area contributed by atoms with Gasteiger partial charge in [0.05, 0.1) is 4.32 Å². The molecule has 1 fully saturated rings. The minimum atomic E-state index is 0.0494. The molecule has 1 aliphatic carbocycles. The fourth-order valence-corrected chi connectivity index (χ4v) is 2.08. The highest BCUT2D eigenvalue weighted by molar-refractivity contribution is 14.1. The van der Waals surface area contributed by atoms with Crippen LogP contribution < -0.4 is 0 Å².